The minimum absolute atomic E-state index is 0.0198. The van der Waals surface area contributed by atoms with Gasteiger partial charge in [-0.25, -0.2) is 0 Å². The molecule has 1 unspecified atom stereocenters. The van der Waals surface area contributed by atoms with Gasteiger partial charge in [0.15, 0.2) is 5.16 Å². The van der Waals surface area contributed by atoms with Gasteiger partial charge in [-0.3, -0.25) is 14.2 Å². The van der Waals surface area contributed by atoms with Crippen LogP contribution in [0.1, 0.15) is 37.6 Å². The van der Waals surface area contributed by atoms with E-state index in [9.17, 15) is 9.59 Å². The van der Waals surface area contributed by atoms with Crippen molar-refractivity contribution in [2.45, 2.75) is 50.9 Å². The number of amides is 2. The van der Waals surface area contributed by atoms with Crippen LogP contribution in [-0.2, 0) is 20.9 Å². The molecule has 196 valence electrons. The Morgan fingerprint density at radius 3 is 2.43 bits per heavy atom. The molecule has 1 fully saturated rings. The van der Waals surface area contributed by atoms with E-state index in [0.717, 1.165) is 40.8 Å². The van der Waals surface area contributed by atoms with Gasteiger partial charge < -0.3 is 14.5 Å². The van der Waals surface area contributed by atoms with Crippen LogP contribution in [0.3, 0.4) is 0 Å². The summed E-state index contributed by atoms with van der Waals surface area (Å²) in [6.45, 7) is 6.11. The third kappa shape index (κ3) is 7.42. The average molecular weight is 522 g/mol. The molecule has 1 saturated heterocycles. The predicted molar refractivity (Wildman–Crippen MR) is 145 cm³/mol. The molecule has 8 nitrogen and oxygen atoms in total. The number of carbonyl (C=O) groups is 2. The summed E-state index contributed by atoms with van der Waals surface area (Å²) in [4.78, 5) is 29.1. The maximum Gasteiger partial charge on any atom is 0.248 e. The lowest BCUT2D eigenvalue weighted by molar-refractivity contribution is -0.146. The number of para-hydroxylation sites is 1. The number of piperazine rings is 1. The van der Waals surface area contributed by atoms with E-state index in [1.54, 1.807) is 11.8 Å². The highest BCUT2D eigenvalue weighted by molar-refractivity contribution is 7.99. The van der Waals surface area contributed by atoms with Gasteiger partial charge in [-0.1, -0.05) is 60.3 Å². The number of rotatable bonds is 11. The number of nitrogens with zero attached hydrogens (tertiary/aromatic N) is 5. The van der Waals surface area contributed by atoms with Crippen LogP contribution in [-0.4, -0.2) is 74.4 Å². The van der Waals surface area contributed by atoms with Gasteiger partial charge in [0.1, 0.15) is 12.4 Å². The van der Waals surface area contributed by atoms with E-state index in [-0.39, 0.29) is 24.5 Å². The van der Waals surface area contributed by atoms with Gasteiger partial charge in [0.2, 0.25) is 11.8 Å². The van der Waals surface area contributed by atoms with Crippen molar-refractivity contribution < 1.29 is 14.3 Å². The van der Waals surface area contributed by atoms with Gasteiger partial charge >= 0.3 is 0 Å². The molecule has 4 rings (SSSR count). The molecule has 2 aromatic carbocycles. The van der Waals surface area contributed by atoms with Crippen LogP contribution in [0.4, 0.5) is 0 Å². The fourth-order valence-corrected chi connectivity index (χ4v) is 5.47. The Balaban J connectivity index is 1.14. The molecule has 0 saturated carbocycles. The molecule has 2 amide bonds. The van der Waals surface area contributed by atoms with Crippen LogP contribution in [0, 0.1) is 6.92 Å². The molecule has 9 heteroatoms. The van der Waals surface area contributed by atoms with Crippen molar-refractivity contribution in [1.82, 2.24) is 24.6 Å². The van der Waals surface area contributed by atoms with Crippen LogP contribution < -0.4 is 0 Å². The van der Waals surface area contributed by atoms with E-state index in [4.69, 9.17) is 4.74 Å². The molecule has 3 aromatic rings. The summed E-state index contributed by atoms with van der Waals surface area (Å²) in [6, 6.07) is 19.9. The number of aromatic nitrogens is 3. The molecule has 0 aliphatic carbocycles. The molecular weight excluding hydrogens is 486 g/mol. The molecule has 0 bridgehead atoms. The van der Waals surface area contributed by atoms with Gasteiger partial charge in [-0.05, 0) is 44.4 Å². The zero-order valence-corrected chi connectivity index (χ0v) is 22.4. The summed E-state index contributed by atoms with van der Waals surface area (Å²) in [5.74, 6) is 1.87. The Morgan fingerprint density at radius 2 is 1.70 bits per heavy atom. The number of unbranched alkanes of at least 4 members (excludes halogenated alkanes) is 1. The van der Waals surface area contributed by atoms with Gasteiger partial charge in [0.05, 0.1) is 6.61 Å². The monoisotopic (exact) mass is 521 g/mol. The molecule has 0 N–H and O–H groups in total. The Hall–Kier alpha value is -3.17. The normalized spacial score (nSPS) is 15.7. The van der Waals surface area contributed by atoms with E-state index in [1.165, 1.54) is 0 Å². The summed E-state index contributed by atoms with van der Waals surface area (Å²) >= 11 is 1.67. The molecule has 1 aliphatic rings. The first kappa shape index (κ1) is 26.9. The fraction of sp³-hybridized carbons (Fsp3) is 0.429. The SMILES string of the molecule is Cc1nnc(SCCCCC(=O)N2CCN(C(=O)COCc3ccccc3)C(C)C2)n1-c1ccccc1. The number of aryl methyl sites for hydroxylation is 1. The topological polar surface area (TPSA) is 80.6 Å². The second-order valence-electron chi connectivity index (χ2n) is 9.26. The molecule has 1 aliphatic heterocycles. The van der Waals surface area contributed by atoms with E-state index in [0.29, 0.717) is 32.7 Å². The standard InChI is InChI=1S/C28H35N5O3S/c1-22-19-31(16-17-32(22)27(35)21-36-20-24-11-5-3-6-12-24)26(34)15-9-10-18-37-28-30-29-23(2)33(28)25-13-7-4-8-14-25/h3-8,11-14,22H,9-10,15-21H2,1-2H3. The number of thioether (sulfide) groups is 1. The maximum atomic E-state index is 12.8. The van der Waals surface area contributed by atoms with Crippen molar-refractivity contribution in [3.8, 4) is 5.69 Å². The first-order valence-electron chi connectivity index (χ1n) is 12.8. The third-order valence-electron chi connectivity index (χ3n) is 6.46. The lowest BCUT2D eigenvalue weighted by atomic mass is 10.1. The number of hydrogen-bond acceptors (Lipinski definition) is 6. The summed E-state index contributed by atoms with van der Waals surface area (Å²) < 4.78 is 7.68. The van der Waals surface area contributed by atoms with Crippen molar-refractivity contribution in [1.29, 1.82) is 0 Å². The first-order chi connectivity index (χ1) is 18.0. The van der Waals surface area contributed by atoms with Crippen LogP contribution in [0.25, 0.3) is 5.69 Å². The average Bonchev–Trinajstić information content (AvgIpc) is 3.29. The summed E-state index contributed by atoms with van der Waals surface area (Å²) in [5.41, 5.74) is 2.10. The van der Waals surface area contributed by atoms with Gasteiger partial charge in [0.25, 0.3) is 0 Å². The van der Waals surface area contributed by atoms with Crippen molar-refractivity contribution in [3.63, 3.8) is 0 Å². The van der Waals surface area contributed by atoms with E-state index in [1.807, 2.05) is 84.3 Å². The maximum absolute atomic E-state index is 12.8. The quantitative estimate of drug-likeness (QED) is 0.279. The molecule has 1 aromatic heterocycles. The largest absolute Gasteiger partial charge is 0.367 e. The molecule has 37 heavy (non-hydrogen) atoms. The third-order valence-corrected chi connectivity index (χ3v) is 7.48. The molecule has 2 heterocycles. The minimum atomic E-state index is -0.0221. The number of benzene rings is 2. The van der Waals surface area contributed by atoms with Crippen molar-refractivity contribution in [2.24, 2.45) is 0 Å². The van der Waals surface area contributed by atoms with Gasteiger partial charge in [-0.2, -0.15) is 0 Å². The summed E-state index contributed by atoms with van der Waals surface area (Å²) in [6.07, 6.45) is 2.26. The number of ether oxygens (including phenoxy) is 1. The molecular formula is C28H35N5O3S. The van der Waals surface area contributed by atoms with Crippen molar-refractivity contribution >= 4 is 23.6 Å². The Kier molecular flexibility index (Phi) is 9.73. The van der Waals surface area contributed by atoms with Crippen molar-refractivity contribution in [3.05, 3.63) is 72.1 Å². The highest BCUT2D eigenvalue weighted by Gasteiger charge is 2.29. The molecule has 0 spiro atoms. The first-order valence-corrected chi connectivity index (χ1v) is 13.8. The van der Waals surface area contributed by atoms with Crippen LogP contribution in [0.5, 0.6) is 0 Å². The molecule has 0 radical (unpaired) electrons. The second kappa shape index (κ2) is 13.4. The van der Waals surface area contributed by atoms with E-state index >= 15 is 0 Å². The lowest BCUT2D eigenvalue weighted by Crippen LogP contribution is -2.56. The summed E-state index contributed by atoms with van der Waals surface area (Å²) in [7, 11) is 0. The van der Waals surface area contributed by atoms with Crippen molar-refractivity contribution in [2.75, 3.05) is 32.0 Å². The highest BCUT2D eigenvalue weighted by Crippen LogP contribution is 2.23. The molecule has 1 atom stereocenters. The lowest BCUT2D eigenvalue weighted by Gasteiger charge is -2.40. The van der Waals surface area contributed by atoms with E-state index < -0.39 is 0 Å². The minimum Gasteiger partial charge on any atom is -0.367 e. The Labute approximate surface area is 223 Å². The Morgan fingerprint density at radius 1 is 0.973 bits per heavy atom. The Bertz CT molecular complexity index is 1160. The second-order valence-corrected chi connectivity index (χ2v) is 10.3. The van der Waals surface area contributed by atoms with E-state index in [2.05, 4.69) is 14.8 Å². The van der Waals surface area contributed by atoms with Crippen LogP contribution in [0.15, 0.2) is 65.8 Å². The number of hydrogen-bond donors (Lipinski definition) is 0. The van der Waals surface area contributed by atoms with Gasteiger partial charge in [0, 0.05) is 43.5 Å². The van der Waals surface area contributed by atoms with Crippen LogP contribution >= 0.6 is 11.8 Å². The van der Waals surface area contributed by atoms with Crippen LogP contribution in [0.2, 0.25) is 0 Å². The zero-order valence-electron chi connectivity index (χ0n) is 21.6. The van der Waals surface area contributed by atoms with Gasteiger partial charge in [-0.15, -0.1) is 10.2 Å². The predicted octanol–water partition coefficient (Wildman–Crippen LogP) is 4.11. The zero-order chi connectivity index (χ0) is 26.0. The number of carbonyl (C=O) groups excluding carboxylic acids is 2. The fourth-order valence-electron chi connectivity index (χ4n) is 4.48. The summed E-state index contributed by atoms with van der Waals surface area (Å²) in [5, 5.41) is 9.43. The smallest absolute Gasteiger partial charge is 0.248 e. The highest BCUT2D eigenvalue weighted by atomic mass is 32.2.